The van der Waals surface area contributed by atoms with E-state index < -0.39 is 18.1 Å². The molecule has 1 saturated heterocycles. The second-order valence-corrected chi connectivity index (χ2v) is 4.05. The highest BCUT2D eigenvalue weighted by Gasteiger charge is 2.35. The van der Waals surface area contributed by atoms with Gasteiger partial charge in [-0.25, -0.2) is 9.59 Å². The molecule has 1 heterocycles. The quantitative estimate of drug-likeness (QED) is 0.742. The number of likely N-dealkylation sites (tertiary alicyclic amines) is 1. The van der Waals surface area contributed by atoms with Gasteiger partial charge in [0.2, 0.25) is 0 Å². The Bertz CT molecular complexity index is 290. The van der Waals surface area contributed by atoms with Crippen LogP contribution in [0.5, 0.6) is 0 Å². The minimum Gasteiger partial charge on any atom is -0.480 e. The van der Waals surface area contributed by atoms with Crippen LogP contribution >= 0.6 is 0 Å². The first-order valence-corrected chi connectivity index (χ1v) is 5.33. The van der Waals surface area contributed by atoms with Gasteiger partial charge in [-0.2, -0.15) is 0 Å². The minimum absolute atomic E-state index is 0.107. The second-order valence-electron chi connectivity index (χ2n) is 4.05. The molecule has 0 saturated carbocycles. The van der Waals surface area contributed by atoms with E-state index in [1.54, 1.807) is 0 Å². The molecule has 1 N–H and O–H groups in total. The van der Waals surface area contributed by atoms with Crippen LogP contribution in [0.25, 0.3) is 0 Å². The van der Waals surface area contributed by atoms with Crippen molar-refractivity contribution in [3.05, 3.63) is 12.7 Å². The Balaban J connectivity index is 2.66. The number of ether oxygens (including phenoxy) is 1. The lowest BCUT2D eigenvalue weighted by atomic mass is 9.95. The van der Waals surface area contributed by atoms with Gasteiger partial charge in [0, 0.05) is 6.54 Å². The number of nitrogens with zero attached hydrogens (tertiary/aromatic N) is 1. The van der Waals surface area contributed by atoms with E-state index in [2.05, 4.69) is 6.58 Å². The Morgan fingerprint density at radius 3 is 2.81 bits per heavy atom. The number of rotatable bonds is 3. The maximum absolute atomic E-state index is 11.6. The number of carbonyl (C=O) groups is 2. The average Bonchev–Trinajstić information content (AvgIpc) is 2.25. The summed E-state index contributed by atoms with van der Waals surface area (Å²) in [6.45, 7) is 5.97. The molecule has 0 aliphatic carbocycles. The molecule has 1 amide bonds. The summed E-state index contributed by atoms with van der Waals surface area (Å²) >= 11 is 0. The summed E-state index contributed by atoms with van der Waals surface area (Å²) in [7, 11) is 0. The zero-order valence-corrected chi connectivity index (χ0v) is 9.39. The van der Waals surface area contributed by atoms with E-state index in [1.165, 1.54) is 11.0 Å². The van der Waals surface area contributed by atoms with Crippen LogP contribution < -0.4 is 0 Å². The summed E-state index contributed by atoms with van der Waals surface area (Å²) in [5.41, 5.74) is 0. The van der Waals surface area contributed by atoms with Crippen molar-refractivity contribution in [2.75, 3.05) is 13.2 Å². The van der Waals surface area contributed by atoms with Crippen LogP contribution in [0.15, 0.2) is 12.7 Å². The molecule has 16 heavy (non-hydrogen) atoms. The molecule has 0 radical (unpaired) electrons. The highest BCUT2D eigenvalue weighted by atomic mass is 16.6. The van der Waals surface area contributed by atoms with Gasteiger partial charge in [0.05, 0.1) is 0 Å². The molecule has 0 aromatic rings. The van der Waals surface area contributed by atoms with Gasteiger partial charge in [0.15, 0.2) is 0 Å². The van der Waals surface area contributed by atoms with Crippen LogP contribution in [-0.4, -0.2) is 41.3 Å². The summed E-state index contributed by atoms with van der Waals surface area (Å²) in [5.74, 6) is -0.658. The number of amides is 1. The number of carboxylic acid groups (broad SMARTS) is 1. The molecule has 0 aromatic carbocycles. The van der Waals surface area contributed by atoms with Crippen molar-refractivity contribution in [2.45, 2.75) is 25.8 Å². The van der Waals surface area contributed by atoms with Gasteiger partial charge in [0.25, 0.3) is 0 Å². The first-order chi connectivity index (χ1) is 7.56. The van der Waals surface area contributed by atoms with Crippen molar-refractivity contribution in [2.24, 2.45) is 5.92 Å². The van der Waals surface area contributed by atoms with Gasteiger partial charge in [-0.15, -0.1) is 0 Å². The average molecular weight is 227 g/mol. The fourth-order valence-corrected chi connectivity index (χ4v) is 1.82. The zero-order chi connectivity index (χ0) is 12.1. The normalized spacial score (nSPS) is 24.9. The van der Waals surface area contributed by atoms with Crippen molar-refractivity contribution in [3.8, 4) is 0 Å². The Morgan fingerprint density at radius 1 is 1.56 bits per heavy atom. The van der Waals surface area contributed by atoms with E-state index in [4.69, 9.17) is 9.84 Å². The molecule has 0 spiro atoms. The molecular formula is C11H17NO4. The lowest BCUT2D eigenvalue weighted by Crippen LogP contribution is -2.50. The number of hydrogen-bond acceptors (Lipinski definition) is 3. The third-order valence-electron chi connectivity index (χ3n) is 2.66. The van der Waals surface area contributed by atoms with Crippen molar-refractivity contribution < 1.29 is 19.4 Å². The van der Waals surface area contributed by atoms with Crippen LogP contribution in [0.4, 0.5) is 4.79 Å². The van der Waals surface area contributed by atoms with E-state index in [1.807, 2.05) is 6.92 Å². The van der Waals surface area contributed by atoms with E-state index in [9.17, 15) is 9.59 Å². The third kappa shape index (κ3) is 2.98. The van der Waals surface area contributed by atoms with Gasteiger partial charge in [-0.05, 0) is 18.8 Å². The van der Waals surface area contributed by atoms with Crippen LogP contribution in [0.3, 0.4) is 0 Å². The highest BCUT2D eigenvalue weighted by molar-refractivity contribution is 5.80. The Labute approximate surface area is 94.7 Å². The van der Waals surface area contributed by atoms with Gasteiger partial charge < -0.3 is 9.84 Å². The van der Waals surface area contributed by atoms with Gasteiger partial charge >= 0.3 is 12.1 Å². The SMILES string of the molecule is C=CCOC(=O)N1C[C@H](C)CC[C@H]1C(=O)O. The Morgan fingerprint density at radius 2 is 2.25 bits per heavy atom. The van der Waals surface area contributed by atoms with Crippen molar-refractivity contribution in [1.82, 2.24) is 4.90 Å². The van der Waals surface area contributed by atoms with Crippen molar-refractivity contribution in [1.29, 1.82) is 0 Å². The smallest absolute Gasteiger partial charge is 0.410 e. The Hall–Kier alpha value is -1.52. The predicted molar refractivity (Wildman–Crippen MR) is 58.1 cm³/mol. The van der Waals surface area contributed by atoms with Crippen LogP contribution in [0.2, 0.25) is 0 Å². The molecule has 0 unspecified atom stereocenters. The highest BCUT2D eigenvalue weighted by Crippen LogP contribution is 2.22. The molecule has 2 atom stereocenters. The molecule has 5 nitrogen and oxygen atoms in total. The van der Waals surface area contributed by atoms with Gasteiger partial charge in [0.1, 0.15) is 12.6 Å². The summed E-state index contributed by atoms with van der Waals surface area (Å²) < 4.78 is 4.86. The molecule has 1 aliphatic rings. The first kappa shape index (κ1) is 12.5. The van der Waals surface area contributed by atoms with Crippen LogP contribution in [0, 0.1) is 5.92 Å². The Kier molecular flexibility index (Phi) is 4.34. The van der Waals surface area contributed by atoms with E-state index in [0.29, 0.717) is 18.9 Å². The monoisotopic (exact) mass is 227 g/mol. The molecule has 1 aliphatic heterocycles. The van der Waals surface area contributed by atoms with Crippen LogP contribution in [0.1, 0.15) is 19.8 Å². The number of carbonyl (C=O) groups excluding carboxylic acids is 1. The van der Waals surface area contributed by atoms with E-state index in [-0.39, 0.29) is 6.61 Å². The molecule has 0 bridgehead atoms. The summed E-state index contributed by atoms with van der Waals surface area (Å²) in [6, 6.07) is -0.756. The number of hydrogen-bond donors (Lipinski definition) is 1. The van der Waals surface area contributed by atoms with E-state index >= 15 is 0 Å². The lowest BCUT2D eigenvalue weighted by molar-refractivity contribution is -0.144. The van der Waals surface area contributed by atoms with Crippen molar-refractivity contribution >= 4 is 12.1 Å². The standard InChI is InChI=1S/C11H17NO4/c1-3-6-16-11(15)12-7-8(2)4-5-9(12)10(13)14/h3,8-9H,1,4-7H2,2H3,(H,13,14)/t8-,9+/m1/s1. The van der Waals surface area contributed by atoms with Crippen LogP contribution in [-0.2, 0) is 9.53 Å². The molecule has 90 valence electrons. The third-order valence-corrected chi connectivity index (χ3v) is 2.66. The second kappa shape index (κ2) is 5.53. The summed E-state index contributed by atoms with van der Waals surface area (Å²) in [4.78, 5) is 23.9. The molecule has 1 rings (SSSR count). The zero-order valence-electron chi connectivity index (χ0n) is 9.39. The molecular weight excluding hydrogens is 210 g/mol. The molecule has 0 aromatic heterocycles. The summed E-state index contributed by atoms with van der Waals surface area (Å²) in [5, 5.41) is 9.00. The van der Waals surface area contributed by atoms with Crippen molar-refractivity contribution in [3.63, 3.8) is 0 Å². The maximum atomic E-state index is 11.6. The maximum Gasteiger partial charge on any atom is 0.410 e. The van der Waals surface area contributed by atoms with Gasteiger partial charge in [-0.3, -0.25) is 4.90 Å². The largest absolute Gasteiger partial charge is 0.480 e. The number of piperidine rings is 1. The number of aliphatic carboxylic acids is 1. The fraction of sp³-hybridized carbons (Fsp3) is 0.636. The minimum atomic E-state index is -0.970. The molecule has 1 fully saturated rings. The topological polar surface area (TPSA) is 66.8 Å². The fourth-order valence-electron chi connectivity index (χ4n) is 1.82. The number of carboxylic acids is 1. The van der Waals surface area contributed by atoms with E-state index in [0.717, 1.165) is 6.42 Å². The molecule has 5 heteroatoms. The lowest BCUT2D eigenvalue weighted by Gasteiger charge is -2.35. The van der Waals surface area contributed by atoms with Gasteiger partial charge in [-0.1, -0.05) is 19.6 Å². The first-order valence-electron chi connectivity index (χ1n) is 5.33. The summed E-state index contributed by atoms with van der Waals surface area (Å²) in [6.07, 6.45) is 2.20. The predicted octanol–water partition coefficient (Wildman–Crippen LogP) is 1.49.